The largest absolute Gasteiger partial charge is 0.481 e. The molecule has 2 N–H and O–H groups in total. The molecule has 0 bridgehead atoms. The van der Waals surface area contributed by atoms with E-state index in [9.17, 15) is 19.2 Å². The van der Waals surface area contributed by atoms with Crippen molar-refractivity contribution in [1.82, 2.24) is 0 Å². The molecule has 0 heterocycles. The average molecular weight is 346 g/mol. The molecule has 2 unspecified atom stereocenters. The topological polar surface area (TPSA) is 127 Å². The first-order valence-electron chi connectivity index (χ1n) is 7.51. The van der Waals surface area contributed by atoms with Gasteiger partial charge in [0, 0.05) is 0 Å². The normalized spacial score (nSPS) is 14.4. The van der Waals surface area contributed by atoms with E-state index in [1.54, 1.807) is 41.5 Å². The van der Waals surface area contributed by atoms with Crippen molar-refractivity contribution in [2.75, 3.05) is 0 Å². The van der Waals surface area contributed by atoms with E-state index >= 15 is 0 Å². The van der Waals surface area contributed by atoms with Crippen LogP contribution in [0.2, 0.25) is 0 Å². The molecule has 0 aromatic rings. The van der Waals surface area contributed by atoms with Gasteiger partial charge in [0.15, 0.2) is 0 Å². The SMILES string of the molecule is CC(C)(C)OC(=O)C(CC(=O)O)C(CC(=O)O)C(=O)OC(C)(C)C. The molecular formula is C16H26O8. The third-order valence-corrected chi connectivity index (χ3v) is 2.69. The van der Waals surface area contributed by atoms with Crippen molar-refractivity contribution in [3.8, 4) is 0 Å². The predicted octanol–water partition coefficient (Wildman–Crippen LogP) is 1.85. The van der Waals surface area contributed by atoms with Crippen LogP contribution in [0, 0.1) is 11.8 Å². The molecule has 0 aliphatic rings. The molecule has 24 heavy (non-hydrogen) atoms. The van der Waals surface area contributed by atoms with Crippen LogP contribution in [0.3, 0.4) is 0 Å². The minimum Gasteiger partial charge on any atom is -0.481 e. The van der Waals surface area contributed by atoms with Crippen molar-refractivity contribution in [2.24, 2.45) is 11.8 Å². The maximum absolute atomic E-state index is 12.3. The molecule has 8 heteroatoms. The van der Waals surface area contributed by atoms with Crippen molar-refractivity contribution in [3.63, 3.8) is 0 Å². The number of rotatable bonds is 7. The number of ether oxygens (including phenoxy) is 2. The first-order valence-corrected chi connectivity index (χ1v) is 7.51. The Morgan fingerprint density at radius 2 is 0.958 bits per heavy atom. The molecule has 0 amide bonds. The third-order valence-electron chi connectivity index (χ3n) is 2.69. The quantitative estimate of drug-likeness (QED) is 0.669. The summed E-state index contributed by atoms with van der Waals surface area (Å²) in [7, 11) is 0. The van der Waals surface area contributed by atoms with Gasteiger partial charge in [-0.15, -0.1) is 0 Å². The highest BCUT2D eigenvalue weighted by molar-refractivity contribution is 5.88. The number of aliphatic carboxylic acids is 2. The molecule has 0 fully saturated rings. The molecule has 0 radical (unpaired) electrons. The van der Waals surface area contributed by atoms with E-state index in [1.165, 1.54) is 0 Å². The molecule has 0 saturated carbocycles. The number of hydrogen-bond donors (Lipinski definition) is 2. The van der Waals surface area contributed by atoms with Crippen molar-refractivity contribution in [1.29, 1.82) is 0 Å². The fourth-order valence-corrected chi connectivity index (χ4v) is 1.91. The summed E-state index contributed by atoms with van der Waals surface area (Å²) in [5, 5.41) is 18.0. The lowest BCUT2D eigenvalue weighted by molar-refractivity contribution is -0.176. The van der Waals surface area contributed by atoms with E-state index in [0.717, 1.165) is 0 Å². The lowest BCUT2D eigenvalue weighted by Crippen LogP contribution is -2.40. The highest BCUT2D eigenvalue weighted by atomic mass is 16.6. The van der Waals surface area contributed by atoms with Crippen molar-refractivity contribution < 1.29 is 38.9 Å². The van der Waals surface area contributed by atoms with Crippen LogP contribution in [0.1, 0.15) is 54.4 Å². The van der Waals surface area contributed by atoms with Gasteiger partial charge in [-0.2, -0.15) is 0 Å². The Balaban J connectivity index is 5.63. The van der Waals surface area contributed by atoms with Crippen LogP contribution >= 0.6 is 0 Å². The van der Waals surface area contributed by atoms with Gasteiger partial charge in [-0.05, 0) is 41.5 Å². The zero-order valence-corrected chi connectivity index (χ0v) is 14.9. The summed E-state index contributed by atoms with van der Waals surface area (Å²) in [6.45, 7) is 9.51. The summed E-state index contributed by atoms with van der Waals surface area (Å²) in [4.78, 5) is 46.7. The van der Waals surface area contributed by atoms with Crippen LogP contribution < -0.4 is 0 Å². The second-order valence-corrected chi connectivity index (χ2v) is 7.48. The zero-order valence-electron chi connectivity index (χ0n) is 14.9. The number of hydrogen-bond acceptors (Lipinski definition) is 6. The summed E-state index contributed by atoms with van der Waals surface area (Å²) in [6, 6.07) is 0. The lowest BCUT2D eigenvalue weighted by Gasteiger charge is -2.29. The summed E-state index contributed by atoms with van der Waals surface area (Å²) in [5.41, 5.74) is -1.81. The molecular weight excluding hydrogens is 320 g/mol. The molecule has 8 nitrogen and oxygen atoms in total. The van der Waals surface area contributed by atoms with Gasteiger partial charge < -0.3 is 19.7 Å². The highest BCUT2D eigenvalue weighted by Crippen LogP contribution is 2.27. The molecule has 0 saturated heterocycles. The van der Waals surface area contributed by atoms with Crippen LogP contribution in [-0.2, 0) is 28.7 Å². The minimum absolute atomic E-state index is 0.730. The number of carboxylic acids is 2. The van der Waals surface area contributed by atoms with E-state index < -0.39 is 59.8 Å². The van der Waals surface area contributed by atoms with Crippen LogP contribution in [0.4, 0.5) is 0 Å². The molecule has 138 valence electrons. The molecule has 0 aliphatic carbocycles. The summed E-state index contributed by atoms with van der Waals surface area (Å²) < 4.78 is 10.3. The first-order chi connectivity index (χ1) is 10.6. The van der Waals surface area contributed by atoms with Gasteiger partial charge in [0.25, 0.3) is 0 Å². The Bertz CT molecular complexity index is 449. The summed E-state index contributed by atoms with van der Waals surface area (Å²) in [5.74, 6) is -7.47. The van der Waals surface area contributed by atoms with E-state index in [0.29, 0.717) is 0 Å². The smallest absolute Gasteiger partial charge is 0.310 e. The summed E-state index contributed by atoms with van der Waals surface area (Å²) in [6.07, 6.45) is -1.46. The maximum atomic E-state index is 12.3. The lowest BCUT2D eigenvalue weighted by atomic mass is 9.86. The van der Waals surface area contributed by atoms with Crippen LogP contribution in [0.25, 0.3) is 0 Å². The predicted molar refractivity (Wildman–Crippen MR) is 83.2 cm³/mol. The highest BCUT2D eigenvalue weighted by Gasteiger charge is 2.41. The van der Waals surface area contributed by atoms with Gasteiger partial charge in [-0.1, -0.05) is 0 Å². The van der Waals surface area contributed by atoms with Gasteiger partial charge in [0.2, 0.25) is 0 Å². The molecule has 0 rings (SSSR count). The minimum atomic E-state index is -1.45. The average Bonchev–Trinajstić information content (AvgIpc) is 2.28. The molecule has 2 atom stereocenters. The zero-order chi connectivity index (χ0) is 19.3. The number of carbonyl (C=O) groups is 4. The number of esters is 2. The molecule has 0 spiro atoms. The standard InChI is InChI=1S/C16H26O8/c1-15(2,3)23-13(21)9(7-11(17)18)10(8-12(19)20)14(22)24-16(4,5)6/h9-10H,7-8H2,1-6H3,(H,17,18)(H,19,20). The summed E-state index contributed by atoms with van der Waals surface area (Å²) >= 11 is 0. The number of carboxylic acid groups (broad SMARTS) is 2. The first kappa shape index (κ1) is 21.9. The Hall–Kier alpha value is -2.12. The van der Waals surface area contributed by atoms with Gasteiger partial charge in [-0.25, -0.2) is 0 Å². The Morgan fingerprint density at radius 3 is 1.12 bits per heavy atom. The van der Waals surface area contributed by atoms with E-state index in [1.807, 2.05) is 0 Å². The molecule has 0 aliphatic heterocycles. The maximum Gasteiger partial charge on any atom is 0.310 e. The van der Waals surface area contributed by atoms with Gasteiger partial charge in [0.05, 0.1) is 24.7 Å². The molecule has 0 aromatic carbocycles. The van der Waals surface area contributed by atoms with Crippen LogP contribution in [0.5, 0.6) is 0 Å². The van der Waals surface area contributed by atoms with E-state index in [4.69, 9.17) is 19.7 Å². The van der Waals surface area contributed by atoms with Gasteiger partial charge in [-0.3, -0.25) is 19.2 Å². The van der Waals surface area contributed by atoms with Crippen molar-refractivity contribution in [3.05, 3.63) is 0 Å². The van der Waals surface area contributed by atoms with E-state index in [2.05, 4.69) is 0 Å². The Kier molecular flexibility index (Phi) is 7.40. The monoisotopic (exact) mass is 346 g/mol. The van der Waals surface area contributed by atoms with Crippen molar-refractivity contribution in [2.45, 2.75) is 65.6 Å². The van der Waals surface area contributed by atoms with E-state index in [-0.39, 0.29) is 0 Å². The Labute approximate surface area is 141 Å². The second kappa shape index (κ2) is 8.12. The fourth-order valence-electron chi connectivity index (χ4n) is 1.91. The third kappa shape index (κ3) is 9.12. The Morgan fingerprint density at radius 1 is 0.708 bits per heavy atom. The van der Waals surface area contributed by atoms with Crippen molar-refractivity contribution >= 4 is 23.9 Å². The van der Waals surface area contributed by atoms with Crippen LogP contribution in [-0.4, -0.2) is 45.3 Å². The number of carbonyl (C=O) groups excluding carboxylic acids is 2. The van der Waals surface area contributed by atoms with Gasteiger partial charge >= 0.3 is 23.9 Å². The molecule has 0 aromatic heterocycles. The van der Waals surface area contributed by atoms with Crippen LogP contribution in [0.15, 0.2) is 0 Å². The van der Waals surface area contributed by atoms with Gasteiger partial charge in [0.1, 0.15) is 11.2 Å². The second-order valence-electron chi connectivity index (χ2n) is 7.48. The fraction of sp³-hybridized carbons (Fsp3) is 0.750.